The van der Waals surface area contributed by atoms with Crippen molar-refractivity contribution in [1.82, 2.24) is 15.2 Å². The summed E-state index contributed by atoms with van der Waals surface area (Å²) in [5.41, 5.74) is 0.644. The van der Waals surface area contributed by atoms with Gasteiger partial charge in [-0.3, -0.25) is 19.5 Å². The first-order chi connectivity index (χ1) is 14.4. The van der Waals surface area contributed by atoms with Gasteiger partial charge >= 0.3 is 5.91 Å². The number of pyridine rings is 1. The van der Waals surface area contributed by atoms with Crippen LogP contribution in [0.1, 0.15) is 41.9 Å². The van der Waals surface area contributed by atoms with Gasteiger partial charge in [0, 0.05) is 23.9 Å². The molecule has 1 aliphatic heterocycles. The molecule has 1 fully saturated rings. The molecule has 1 atom stereocenters. The highest BCUT2D eigenvalue weighted by Gasteiger charge is 2.48. The van der Waals surface area contributed by atoms with Gasteiger partial charge in [0.05, 0.1) is 11.6 Å². The van der Waals surface area contributed by atoms with E-state index in [0.717, 1.165) is 5.01 Å². The first-order valence-corrected chi connectivity index (χ1v) is 10.0. The second-order valence-electron chi connectivity index (χ2n) is 7.04. The summed E-state index contributed by atoms with van der Waals surface area (Å²) in [5, 5.41) is 20.1. The molecule has 0 spiro atoms. The van der Waals surface area contributed by atoms with E-state index in [2.05, 4.69) is 15.2 Å². The van der Waals surface area contributed by atoms with Crippen molar-refractivity contribution < 1.29 is 19.1 Å². The topological polar surface area (TPSA) is 96.3 Å². The number of amides is 1. The molecule has 7 nitrogen and oxygen atoms in total. The summed E-state index contributed by atoms with van der Waals surface area (Å²) >= 11 is 1.21. The summed E-state index contributed by atoms with van der Waals surface area (Å²) in [6.07, 6.45) is 3.09. The molecule has 0 aliphatic carbocycles. The third kappa shape index (κ3) is 3.37. The van der Waals surface area contributed by atoms with E-state index < -0.39 is 29.3 Å². The standard InChI is InChI=1S/C21H17FN4O3S/c1-11(2)19-24-25-21(30-19)26-16(13-4-3-9-23-10-13)15(18(28)20(26)29)17(27)12-5-7-14(22)8-6-12/h3-11,16,27H,1-2H3. The highest BCUT2D eigenvalue weighted by Crippen LogP contribution is 2.43. The van der Waals surface area contributed by atoms with Gasteiger partial charge in [0.1, 0.15) is 16.6 Å². The van der Waals surface area contributed by atoms with Crippen molar-refractivity contribution in [2.75, 3.05) is 4.90 Å². The maximum Gasteiger partial charge on any atom is 0.301 e. The van der Waals surface area contributed by atoms with Crippen LogP contribution in [0.15, 0.2) is 54.4 Å². The van der Waals surface area contributed by atoms with Crippen molar-refractivity contribution in [2.24, 2.45) is 0 Å². The summed E-state index contributed by atoms with van der Waals surface area (Å²) in [5.74, 6) is -2.45. The number of rotatable bonds is 4. The number of carbonyl (C=O) groups excluding carboxylic acids is 2. The van der Waals surface area contributed by atoms with Crippen LogP contribution in [0.25, 0.3) is 5.76 Å². The smallest absolute Gasteiger partial charge is 0.301 e. The van der Waals surface area contributed by atoms with Crippen LogP contribution in [0.3, 0.4) is 0 Å². The molecule has 1 amide bonds. The van der Waals surface area contributed by atoms with E-state index >= 15 is 0 Å². The summed E-state index contributed by atoms with van der Waals surface area (Å²) in [6, 6.07) is 7.48. The number of halogens is 1. The Bertz CT molecular complexity index is 1140. The van der Waals surface area contributed by atoms with E-state index in [0.29, 0.717) is 5.56 Å². The fourth-order valence-corrected chi connectivity index (χ4v) is 4.08. The Kier molecular flexibility index (Phi) is 5.13. The molecule has 1 aliphatic rings. The molecule has 9 heteroatoms. The number of nitrogens with zero attached hydrogens (tertiary/aromatic N) is 4. The van der Waals surface area contributed by atoms with Crippen molar-refractivity contribution in [3.8, 4) is 0 Å². The minimum absolute atomic E-state index is 0.101. The number of hydrogen-bond donors (Lipinski definition) is 1. The van der Waals surface area contributed by atoms with E-state index in [1.807, 2.05) is 13.8 Å². The third-order valence-electron chi connectivity index (χ3n) is 4.69. The quantitative estimate of drug-likeness (QED) is 0.389. The predicted octanol–water partition coefficient (Wildman–Crippen LogP) is 3.82. The summed E-state index contributed by atoms with van der Waals surface area (Å²) in [4.78, 5) is 31.2. The fourth-order valence-electron chi connectivity index (χ4n) is 3.20. The molecule has 0 radical (unpaired) electrons. The molecule has 1 aromatic carbocycles. The molecule has 1 saturated heterocycles. The molecule has 1 unspecified atom stereocenters. The Hall–Kier alpha value is -3.46. The average molecular weight is 424 g/mol. The van der Waals surface area contributed by atoms with Crippen molar-refractivity contribution in [2.45, 2.75) is 25.8 Å². The lowest BCUT2D eigenvalue weighted by Gasteiger charge is -2.22. The van der Waals surface area contributed by atoms with Crippen LogP contribution < -0.4 is 4.90 Å². The normalized spacial score (nSPS) is 18.4. The number of carbonyl (C=O) groups is 2. The maximum atomic E-state index is 13.3. The average Bonchev–Trinajstić information content (AvgIpc) is 3.32. The second-order valence-corrected chi connectivity index (χ2v) is 8.03. The van der Waals surface area contributed by atoms with Crippen molar-refractivity contribution in [3.05, 3.63) is 76.3 Å². The van der Waals surface area contributed by atoms with Gasteiger partial charge in [0.25, 0.3) is 5.78 Å². The van der Waals surface area contributed by atoms with Crippen LogP contribution in [0.5, 0.6) is 0 Å². The Balaban J connectivity index is 1.91. The summed E-state index contributed by atoms with van der Waals surface area (Å²) < 4.78 is 13.3. The number of ketones is 1. The zero-order valence-corrected chi connectivity index (χ0v) is 16.9. The van der Waals surface area contributed by atoms with E-state index in [1.54, 1.807) is 18.3 Å². The SMILES string of the molecule is CC(C)c1nnc(N2C(=O)C(=O)C(=C(O)c3ccc(F)cc3)C2c2cccnc2)s1. The Labute approximate surface area is 175 Å². The monoisotopic (exact) mass is 424 g/mol. The number of aromatic nitrogens is 3. The molecular weight excluding hydrogens is 407 g/mol. The number of benzene rings is 1. The van der Waals surface area contributed by atoms with Crippen molar-refractivity contribution in [1.29, 1.82) is 0 Å². The number of aliphatic hydroxyl groups is 1. The van der Waals surface area contributed by atoms with Gasteiger partial charge in [-0.05, 0) is 35.9 Å². The molecule has 152 valence electrons. The highest BCUT2D eigenvalue weighted by molar-refractivity contribution is 7.15. The van der Waals surface area contributed by atoms with Gasteiger partial charge in [-0.1, -0.05) is 31.3 Å². The largest absolute Gasteiger partial charge is 0.507 e. The van der Waals surface area contributed by atoms with Crippen molar-refractivity contribution >= 4 is 33.9 Å². The van der Waals surface area contributed by atoms with Gasteiger partial charge in [-0.2, -0.15) is 0 Å². The lowest BCUT2D eigenvalue weighted by Crippen LogP contribution is -2.29. The predicted molar refractivity (Wildman–Crippen MR) is 109 cm³/mol. The zero-order valence-electron chi connectivity index (χ0n) is 16.1. The van der Waals surface area contributed by atoms with E-state index in [9.17, 15) is 19.1 Å². The minimum atomic E-state index is -0.934. The van der Waals surface area contributed by atoms with Crippen LogP contribution in [0.2, 0.25) is 0 Å². The highest BCUT2D eigenvalue weighted by atomic mass is 32.1. The van der Waals surface area contributed by atoms with Crippen molar-refractivity contribution in [3.63, 3.8) is 0 Å². The molecule has 1 N–H and O–H groups in total. The molecule has 30 heavy (non-hydrogen) atoms. The minimum Gasteiger partial charge on any atom is -0.507 e. The lowest BCUT2D eigenvalue weighted by molar-refractivity contribution is -0.132. The number of Topliss-reactive ketones (excluding diaryl/α,β-unsaturated/α-hetero) is 1. The van der Waals surface area contributed by atoms with Gasteiger partial charge in [-0.15, -0.1) is 10.2 Å². The Morgan fingerprint density at radius 2 is 1.90 bits per heavy atom. The van der Waals surface area contributed by atoms with E-state index in [-0.39, 0.29) is 22.2 Å². The van der Waals surface area contributed by atoms with Gasteiger partial charge in [-0.25, -0.2) is 4.39 Å². The first kappa shape index (κ1) is 19.8. The molecule has 3 aromatic rings. The Morgan fingerprint density at radius 1 is 1.17 bits per heavy atom. The fraction of sp³-hybridized carbons (Fsp3) is 0.190. The van der Waals surface area contributed by atoms with Crippen LogP contribution >= 0.6 is 11.3 Å². The summed E-state index contributed by atoms with van der Waals surface area (Å²) in [6.45, 7) is 3.90. The van der Waals surface area contributed by atoms with Crippen LogP contribution in [0.4, 0.5) is 9.52 Å². The maximum absolute atomic E-state index is 13.3. The molecule has 3 heterocycles. The van der Waals surface area contributed by atoms with Crippen LogP contribution in [-0.4, -0.2) is 32.0 Å². The molecular formula is C21H17FN4O3S. The second kappa shape index (κ2) is 7.75. The van der Waals surface area contributed by atoms with Gasteiger partial charge in [0.2, 0.25) is 5.13 Å². The number of hydrogen-bond acceptors (Lipinski definition) is 7. The molecule has 2 aromatic heterocycles. The first-order valence-electron chi connectivity index (χ1n) is 9.18. The van der Waals surface area contributed by atoms with Gasteiger partial charge < -0.3 is 5.11 Å². The number of anilines is 1. The summed E-state index contributed by atoms with van der Waals surface area (Å²) in [7, 11) is 0. The van der Waals surface area contributed by atoms with Crippen LogP contribution in [0, 0.1) is 5.82 Å². The zero-order chi connectivity index (χ0) is 21.4. The Morgan fingerprint density at radius 3 is 2.50 bits per heavy atom. The van der Waals surface area contributed by atoms with Gasteiger partial charge in [0.15, 0.2) is 0 Å². The third-order valence-corrected chi connectivity index (χ3v) is 5.92. The molecule has 0 bridgehead atoms. The molecule has 0 saturated carbocycles. The van der Waals surface area contributed by atoms with E-state index in [4.69, 9.17) is 0 Å². The lowest BCUT2D eigenvalue weighted by atomic mass is 9.96. The van der Waals surface area contributed by atoms with Crippen LogP contribution in [-0.2, 0) is 9.59 Å². The van der Waals surface area contributed by atoms with E-state index in [1.165, 1.54) is 46.7 Å². The molecule has 4 rings (SSSR count). The number of aliphatic hydroxyl groups excluding tert-OH is 1.